The molecule has 1 aliphatic rings. The first-order valence-corrected chi connectivity index (χ1v) is 7.46. The van der Waals surface area contributed by atoms with Crippen LogP contribution in [-0.2, 0) is 0 Å². The number of benzene rings is 1. The third-order valence-electron chi connectivity index (χ3n) is 4.12. The molecule has 5 heteroatoms. The van der Waals surface area contributed by atoms with Gasteiger partial charge in [0.15, 0.2) is 11.5 Å². The number of fused-ring (bicyclic) bond motifs is 1. The van der Waals surface area contributed by atoms with Crippen LogP contribution in [0.5, 0.6) is 11.5 Å². The van der Waals surface area contributed by atoms with Crippen molar-refractivity contribution in [3.8, 4) is 11.5 Å². The fraction of sp³-hybridized carbons (Fsp3) is 0.600. The van der Waals surface area contributed by atoms with Gasteiger partial charge >= 0.3 is 0 Å². The van der Waals surface area contributed by atoms with Crippen molar-refractivity contribution in [2.75, 3.05) is 31.7 Å². The summed E-state index contributed by atoms with van der Waals surface area (Å²) in [6.45, 7) is 6.12. The van der Waals surface area contributed by atoms with E-state index in [4.69, 9.17) is 21.1 Å². The Morgan fingerprint density at radius 1 is 1.20 bits per heavy atom. The normalized spacial score (nSPS) is 14.2. The molecule has 0 radical (unpaired) electrons. The molecule has 112 valence electrons. The van der Waals surface area contributed by atoms with E-state index in [9.17, 15) is 5.11 Å². The molecule has 2 rings (SSSR count). The lowest BCUT2D eigenvalue weighted by Crippen LogP contribution is -2.32. The standard InChI is InChI=1S/C15H22ClNO3/c1-3-15(4-2,10-18)9-17-12-8-14-13(7-11(12)16)19-5-6-20-14/h7-8,17-18H,3-6,9-10H2,1-2H3. The largest absolute Gasteiger partial charge is 0.486 e. The Balaban J connectivity index is 2.13. The zero-order valence-electron chi connectivity index (χ0n) is 12.0. The topological polar surface area (TPSA) is 50.7 Å². The van der Waals surface area contributed by atoms with E-state index >= 15 is 0 Å². The Hall–Kier alpha value is -1.13. The van der Waals surface area contributed by atoms with Gasteiger partial charge in [0.1, 0.15) is 13.2 Å². The lowest BCUT2D eigenvalue weighted by atomic mass is 9.83. The van der Waals surface area contributed by atoms with E-state index in [1.807, 2.05) is 6.07 Å². The van der Waals surface area contributed by atoms with E-state index < -0.39 is 0 Å². The number of aliphatic hydroxyl groups excluding tert-OH is 1. The van der Waals surface area contributed by atoms with Gasteiger partial charge in [-0.3, -0.25) is 0 Å². The van der Waals surface area contributed by atoms with E-state index in [0.717, 1.165) is 18.5 Å². The summed E-state index contributed by atoms with van der Waals surface area (Å²) in [4.78, 5) is 0. The summed E-state index contributed by atoms with van der Waals surface area (Å²) in [5, 5.41) is 13.5. The number of hydrogen-bond donors (Lipinski definition) is 2. The number of halogens is 1. The molecule has 0 spiro atoms. The molecule has 0 aliphatic carbocycles. The van der Waals surface area contributed by atoms with Gasteiger partial charge in [0.25, 0.3) is 0 Å². The van der Waals surface area contributed by atoms with Crippen molar-refractivity contribution in [2.45, 2.75) is 26.7 Å². The van der Waals surface area contributed by atoms with E-state index in [1.165, 1.54) is 0 Å². The van der Waals surface area contributed by atoms with E-state index in [1.54, 1.807) is 6.07 Å². The maximum absolute atomic E-state index is 9.60. The monoisotopic (exact) mass is 299 g/mol. The highest BCUT2D eigenvalue weighted by Crippen LogP contribution is 2.38. The van der Waals surface area contributed by atoms with Gasteiger partial charge in [-0.05, 0) is 12.8 Å². The summed E-state index contributed by atoms with van der Waals surface area (Å²) in [6.07, 6.45) is 1.82. The number of aliphatic hydroxyl groups is 1. The van der Waals surface area contributed by atoms with E-state index in [0.29, 0.717) is 36.3 Å². The molecule has 0 fully saturated rings. The van der Waals surface area contributed by atoms with Crippen LogP contribution in [0.2, 0.25) is 5.02 Å². The Morgan fingerprint density at radius 2 is 1.80 bits per heavy atom. The van der Waals surface area contributed by atoms with Gasteiger partial charge in [0.2, 0.25) is 0 Å². The second-order valence-corrected chi connectivity index (χ2v) is 5.60. The summed E-state index contributed by atoms with van der Waals surface area (Å²) in [6, 6.07) is 3.64. The van der Waals surface area contributed by atoms with Gasteiger partial charge in [-0.15, -0.1) is 0 Å². The second-order valence-electron chi connectivity index (χ2n) is 5.19. The highest BCUT2D eigenvalue weighted by molar-refractivity contribution is 6.33. The predicted octanol–water partition coefficient (Wildman–Crippen LogP) is 3.32. The minimum absolute atomic E-state index is 0.114. The first-order valence-electron chi connectivity index (χ1n) is 7.08. The molecule has 0 saturated carbocycles. The lowest BCUT2D eigenvalue weighted by Gasteiger charge is -2.30. The van der Waals surface area contributed by atoms with Crippen molar-refractivity contribution in [3.05, 3.63) is 17.2 Å². The highest BCUT2D eigenvalue weighted by Gasteiger charge is 2.25. The number of rotatable bonds is 6. The zero-order chi connectivity index (χ0) is 14.6. The maximum Gasteiger partial charge on any atom is 0.163 e. The van der Waals surface area contributed by atoms with Crippen LogP contribution in [0.3, 0.4) is 0 Å². The third kappa shape index (κ3) is 3.13. The van der Waals surface area contributed by atoms with Crippen LogP contribution >= 0.6 is 11.6 Å². The number of anilines is 1. The maximum atomic E-state index is 9.60. The van der Waals surface area contributed by atoms with Crippen LogP contribution < -0.4 is 14.8 Å². The molecule has 4 nitrogen and oxygen atoms in total. The molecule has 0 aromatic heterocycles. The highest BCUT2D eigenvalue weighted by atomic mass is 35.5. The van der Waals surface area contributed by atoms with Crippen molar-refractivity contribution >= 4 is 17.3 Å². The summed E-state index contributed by atoms with van der Waals surface area (Å²) < 4.78 is 11.0. The Kier molecular flexibility index (Phi) is 5.00. The third-order valence-corrected chi connectivity index (χ3v) is 4.43. The second kappa shape index (κ2) is 6.55. The molecule has 0 saturated heterocycles. The van der Waals surface area contributed by atoms with Crippen LogP contribution in [0.1, 0.15) is 26.7 Å². The lowest BCUT2D eigenvalue weighted by molar-refractivity contribution is 0.127. The van der Waals surface area contributed by atoms with Gasteiger partial charge < -0.3 is 19.9 Å². The van der Waals surface area contributed by atoms with Crippen molar-refractivity contribution < 1.29 is 14.6 Å². The van der Waals surface area contributed by atoms with Crippen molar-refractivity contribution in [2.24, 2.45) is 5.41 Å². The van der Waals surface area contributed by atoms with Crippen LogP contribution in [-0.4, -0.2) is 31.5 Å². The number of nitrogens with one attached hydrogen (secondary N) is 1. The minimum Gasteiger partial charge on any atom is -0.486 e. The van der Waals surface area contributed by atoms with Crippen LogP contribution in [0.25, 0.3) is 0 Å². The average Bonchev–Trinajstić information content (AvgIpc) is 2.49. The molecule has 2 N–H and O–H groups in total. The number of hydrogen-bond acceptors (Lipinski definition) is 4. The fourth-order valence-electron chi connectivity index (χ4n) is 2.26. The predicted molar refractivity (Wildman–Crippen MR) is 81.0 cm³/mol. The van der Waals surface area contributed by atoms with Gasteiger partial charge in [0, 0.05) is 24.1 Å². The first-order chi connectivity index (χ1) is 9.64. The van der Waals surface area contributed by atoms with Crippen molar-refractivity contribution in [3.63, 3.8) is 0 Å². The summed E-state index contributed by atoms with van der Waals surface area (Å²) in [7, 11) is 0. The Morgan fingerprint density at radius 3 is 2.35 bits per heavy atom. The molecule has 0 amide bonds. The Bertz CT molecular complexity index is 452. The van der Waals surface area contributed by atoms with Gasteiger partial charge in [-0.2, -0.15) is 0 Å². The zero-order valence-corrected chi connectivity index (χ0v) is 12.8. The van der Waals surface area contributed by atoms with Crippen LogP contribution in [0.15, 0.2) is 12.1 Å². The quantitative estimate of drug-likeness (QED) is 0.846. The van der Waals surface area contributed by atoms with Crippen molar-refractivity contribution in [1.29, 1.82) is 0 Å². The minimum atomic E-state index is -0.114. The van der Waals surface area contributed by atoms with Gasteiger partial charge in [-0.25, -0.2) is 0 Å². The molecular formula is C15H22ClNO3. The fourth-order valence-corrected chi connectivity index (χ4v) is 2.48. The molecule has 1 heterocycles. The molecular weight excluding hydrogens is 278 g/mol. The van der Waals surface area contributed by atoms with Crippen LogP contribution in [0, 0.1) is 5.41 Å². The van der Waals surface area contributed by atoms with E-state index in [-0.39, 0.29) is 12.0 Å². The van der Waals surface area contributed by atoms with Gasteiger partial charge in [0.05, 0.1) is 17.3 Å². The summed E-state index contributed by atoms with van der Waals surface area (Å²) in [5.41, 5.74) is 0.701. The molecule has 0 unspecified atom stereocenters. The number of ether oxygens (including phenoxy) is 2. The summed E-state index contributed by atoms with van der Waals surface area (Å²) in [5.74, 6) is 1.40. The first kappa shape index (κ1) is 15.3. The SMILES string of the molecule is CCC(CC)(CO)CNc1cc2c(cc1Cl)OCCO2. The van der Waals surface area contributed by atoms with Gasteiger partial charge in [-0.1, -0.05) is 25.4 Å². The molecule has 1 aliphatic heterocycles. The molecule has 1 aromatic rings. The molecule has 1 aromatic carbocycles. The Labute approximate surface area is 125 Å². The smallest absolute Gasteiger partial charge is 0.163 e. The summed E-state index contributed by atoms with van der Waals surface area (Å²) >= 11 is 6.26. The van der Waals surface area contributed by atoms with Crippen LogP contribution in [0.4, 0.5) is 5.69 Å². The average molecular weight is 300 g/mol. The van der Waals surface area contributed by atoms with E-state index in [2.05, 4.69) is 19.2 Å². The molecule has 20 heavy (non-hydrogen) atoms. The molecule has 0 atom stereocenters. The molecule has 0 bridgehead atoms. The van der Waals surface area contributed by atoms with Crippen molar-refractivity contribution in [1.82, 2.24) is 0 Å².